The lowest BCUT2D eigenvalue weighted by Crippen LogP contribution is -2.40. The van der Waals surface area contributed by atoms with Crippen molar-refractivity contribution in [2.24, 2.45) is 11.8 Å². The van der Waals surface area contributed by atoms with E-state index in [9.17, 15) is 9.59 Å². The first-order valence-electron chi connectivity index (χ1n) is 8.82. The number of hydrogen-bond donors (Lipinski definition) is 1. The monoisotopic (exact) mass is 350 g/mol. The molecule has 1 N–H and O–H groups in total. The number of benzene rings is 1. The highest BCUT2D eigenvalue weighted by Gasteiger charge is 2.28. The number of Topliss-reactive ketones (excluding diaryl/α,β-unsaturated/α-hetero) is 1. The molecular weight excluding hydrogens is 324 g/mol. The summed E-state index contributed by atoms with van der Waals surface area (Å²) in [5, 5.41) is 3.35. The van der Waals surface area contributed by atoms with Crippen molar-refractivity contribution in [2.75, 3.05) is 26.2 Å². The standard InChI is InChI=1S/C19H26N2O2.ClH/c22-18(7-6-15-8-11-20-14-15)21-12-9-17(10-13-21)19(23)16-4-2-1-3-5-16;/h1-5,15,17,20H,6-14H2;1H. The van der Waals surface area contributed by atoms with Crippen molar-refractivity contribution in [1.29, 1.82) is 0 Å². The van der Waals surface area contributed by atoms with Crippen molar-refractivity contribution in [1.82, 2.24) is 10.2 Å². The predicted octanol–water partition coefficient (Wildman–Crippen LogP) is 2.92. The van der Waals surface area contributed by atoms with Crippen LogP contribution in [0.15, 0.2) is 30.3 Å². The molecular formula is C19H27ClN2O2. The molecule has 5 heteroatoms. The molecule has 0 aliphatic carbocycles. The number of piperidine rings is 1. The number of carbonyl (C=O) groups is 2. The summed E-state index contributed by atoms with van der Waals surface area (Å²) in [6.45, 7) is 3.60. The zero-order valence-corrected chi connectivity index (χ0v) is 14.9. The number of ketones is 1. The van der Waals surface area contributed by atoms with Gasteiger partial charge in [-0.25, -0.2) is 0 Å². The second kappa shape index (κ2) is 9.19. The van der Waals surface area contributed by atoms with Crippen LogP contribution in [0.2, 0.25) is 0 Å². The fourth-order valence-electron chi connectivity index (χ4n) is 3.68. The average molecular weight is 351 g/mol. The van der Waals surface area contributed by atoms with Gasteiger partial charge in [-0.1, -0.05) is 30.3 Å². The summed E-state index contributed by atoms with van der Waals surface area (Å²) in [6.07, 6.45) is 4.44. The Morgan fingerprint density at radius 3 is 2.42 bits per heavy atom. The Labute approximate surface area is 150 Å². The molecule has 1 aromatic rings. The summed E-state index contributed by atoms with van der Waals surface area (Å²) in [4.78, 5) is 26.7. The number of hydrogen-bond acceptors (Lipinski definition) is 3. The Kier molecular flexibility index (Phi) is 7.25. The Morgan fingerprint density at radius 2 is 1.79 bits per heavy atom. The number of rotatable bonds is 5. The fraction of sp³-hybridized carbons (Fsp3) is 0.579. The topological polar surface area (TPSA) is 49.4 Å². The van der Waals surface area contributed by atoms with Crippen molar-refractivity contribution in [3.05, 3.63) is 35.9 Å². The SMILES string of the molecule is Cl.O=C(c1ccccc1)C1CCN(C(=O)CCC2CCNC2)CC1. The summed E-state index contributed by atoms with van der Waals surface area (Å²) < 4.78 is 0. The maximum absolute atomic E-state index is 12.5. The molecule has 0 radical (unpaired) electrons. The molecule has 1 aromatic carbocycles. The minimum absolute atomic E-state index is 0. The number of carbonyl (C=O) groups excluding carboxylic acids is 2. The minimum atomic E-state index is 0. The van der Waals surface area contributed by atoms with Gasteiger partial charge in [-0.05, 0) is 44.7 Å². The van der Waals surface area contributed by atoms with Crippen LogP contribution in [0, 0.1) is 11.8 Å². The van der Waals surface area contributed by atoms with E-state index in [1.54, 1.807) is 0 Å². The molecule has 132 valence electrons. The summed E-state index contributed by atoms with van der Waals surface area (Å²) in [5.74, 6) is 1.23. The van der Waals surface area contributed by atoms with E-state index in [-0.39, 0.29) is 30.0 Å². The number of nitrogens with zero attached hydrogens (tertiary/aromatic N) is 1. The van der Waals surface area contributed by atoms with Crippen LogP contribution in [-0.4, -0.2) is 42.8 Å². The van der Waals surface area contributed by atoms with Gasteiger partial charge >= 0.3 is 0 Å². The Hall–Kier alpha value is -1.39. The summed E-state index contributed by atoms with van der Waals surface area (Å²) in [7, 11) is 0. The molecule has 0 saturated carbocycles. The largest absolute Gasteiger partial charge is 0.343 e. The minimum Gasteiger partial charge on any atom is -0.343 e. The van der Waals surface area contributed by atoms with Crippen LogP contribution in [0.4, 0.5) is 0 Å². The first-order chi connectivity index (χ1) is 11.2. The van der Waals surface area contributed by atoms with Crippen molar-refractivity contribution >= 4 is 24.1 Å². The first kappa shape index (κ1) is 18.9. The van der Waals surface area contributed by atoms with Gasteiger partial charge in [0.25, 0.3) is 0 Å². The van der Waals surface area contributed by atoms with E-state index in [1.165, 1.54) is 6.42 Å². The molecule has 4 nitrogen and oxygen atoms in total. The van der Waals surface area contributed by atoms with Gasteiger partial charge in [-0.15, -0.1) is 12.4 Å². The van der Waals surface area contributed by atoms with Gasteiger partial charge in [0.05, 0.1) is 0 Å². The molecule has 2 aliphatic rings. The maximum Gasteiger partial charge on any atom is 0.222 e. The lowest BCUT2D eigenvalue weighted by molar-refractivity contribution is -0.132. The van der Waals surface area contributed by atoms with Crippen molar-refractivity contribution in [2.45, 2.75) is 32.1 Å². The highest BCUT2D eigenvalue weighted by Crippen LogP contribution is 2.23. The van der Waals surface area contributed by atoms with Crippen LogP contribution in [0.3, 0.4) is 0 Å². The fourth-order valence-corrected chi connectivity index (χ4v) is 3.68. The molecule has 2 saturated heterocycles. The molecule has 2 heterocycles. The van der Waals surface area contributed by atoms with Gasteiger partial charge in [-0.3, -0.25) is 9.59 Å². The molecule has 0 bridgehead atoms. The van der Waals surface area contributed by atoms with Gasteiger partial charge in [0.1, 0.15) is 0 Å². The third-order valence-electron chi connectivity index (χ3n) is 5.21. The third kappa shape index (κ3) is 4.81. The molecule has 24 heavy (non-hydrogen) atoms. The summed E-state index contributed by atoms with van der Waals surface area (Å²) >= 11 is 0. The van der Waals surface area contributed by atoms with Gasteiger partial charge in [0, 0.05) is 31.0 Å². The number of amides is 1. The zero-order chi connectivity index (χ0) is 16.1. The summed E-state index contributed by atoms with van der Waals surface area (Å²) in [6, 6.07) is 9.51. The highest BCUT2D eigenvalue weighted by atomic mass is 35.5. The Balaban J connectivity index is 0.00000208. The van der Waals surface area contributed by atoms with Crippen LogP contribution >= 0.6 is 12.4 Å². The third-order valence-corrected chi connectivity index (χ3v) is 5.21. The molecule has 2 aliphatic heterocycles. The second-order valence-electron chi connectivity index (χ2n) is 6.78. The summed E-state index contributed by atoms with van der Waals surface area (Å²) in [5.41, 5.74) is 0.797. The van der Waals surface area contributed by atoms with Crippen molar-refractivity contribution in [3.8, 4) is 0 Å². The smallest absolute Gasteiger partial charge is 0.222 e. The van der Waals surface area contributed by atoms with E-state index in [2.05, 4.69) is 5.32 Å². The molecule has 0 aromatic heterocycles. The van der Waals surface area contributed by atoms with Crippen LogP contribution in [0.5, 0.6) is 0 Å². The molecule has 0 spiro atoms. The van der Waals surface area contributed by atoms with E-state index in [0.29, 0.717) is 12.3 Å². The molecule has 1 unspecified atom stereocenters. The van der Waals surface area contributed by atoms with Crippen molar-refractivity contribution < 1.29 is 9.59 Å². The lowest BCUT2D eigenvalue weighted by atomic mass is 9.88. The number of likely N-dealkylation sites (tertiary alicyclic amines) is 1. The molecule has 2 fully saturated rings. The van der Waals surface area contributed by atoms with E-state index < -0.39 is 0 Å². The molecule has 3 rings (SSSR count). The van der Waals surface area contributed by atoms with Crippen molar-refractivity contribution in [3.63, 3.8) is 0 Å². The van der Waals surface area contributed by atoms with E-state index >= 15 is 0 Å². The van der Waals surface area contributed by atoms with Gasteiger partial charge in [-0.2, -0.15) is 0 Å². The van der Waals surface area contributed by atoms with Crippen LogP contribution in [0.1, 0.15) is 42.5 Å². The zero-order valence-electron chi connectivity index (χ0n) is 14.1. The van der Waals surface area contributed by atoms with E-state index in [4.69, 9.17) is 0 Å². The van der Waals surface area contributed by atoms with E-state index in [0.717, 1.165) is 51.0 Å². The normalized spacial score (nSPS) is 21.3. The number of halogens is 1. The van der Waals surface area contributed by atoms with Crippen LogP contribution in [-0.2, 0) is 4.79 Å². The predicted molar refractivity (Wildman–Crippen MR) is 97.5 cm³/mol. The number of nitrogens with one attached hydrogen (secondary N) is 1. The van der Waals surface area contributed by atoms with Crippen LogP contribution < -0.4 is 5.32 Å². The maximum atomic E-state index is 12.5. The van der Waals surface area contributed by atoms with Gasteiger partial charge < -0.3 is 10.2 Å². The highest BCUT2D eigenvalue weighted by molar-refractivity contribution is 5.98. The second-order valence-corrected chi connectivity index (χ2v) is 6.78. The van der Waals surface area contributed by atoms with Gasteiger partial charge in [0.15, 0.2) is 5.78 Å². The molecule has 1 amide bonds. The van der Waals surface area contributed by atoms with E-state index in [1.807, 2.05) is 35.2 Å². The average Bonchev–Trinajstić information content (AvgIpc) is 3.13. The molecule has 1 atom stereocenters. The quantitative estimate of drug-likeness (QED) is 0.831. The first-order valence-corrected chi connectivity index (χ1v) is 8.82. The lowest BCUT2D eigenvalue weighted by Gasteiger charge is -2.31. The van der Waals surface area contributed by atoms with Crippen LogP contribution in [0.25, 0.3) is 0 Å². The Morgan fingerprint density at radius 1 is 1.08 bits per heavy atom. The Bertz CT molecular complexity index is 536. The van der Waals surface area contributed by atoms with Gasteiger partial charge in [0.2, 0.25) is 5.91 Å².